The van der Waals surface area contributed by atoms with Gasteiger partial charge in [-0.25, -0.2) is 4.79 Å². The van der Waals surface area contributed by atoms with Crippen molar-refractivity contribution >= 4 is 23.0 Å². The molecule has 0 aliphatic carbocycles. The van der Waals surface area contributed by atoms with Crippen molar-refractivity contribution in [2.45, 2.75) is 6.92 Å². The van der Waals surface area contributed by atoms with Gasteiger partial charge >= 0.3 is 5.69 Å². The van der Waals surface area contributed by atoms with Crippen molar-refractivity contribution in [2.24, 2.45) is 12.0 Å². The van der Waals surface area contributed by atoms with Gasteiger partial charge in [0.1, 0.15) is 5.69 Å². The van der Waals surface area contributed by atoms with Crippen molar-refractivity contribution in [3.05, 3.63) is 46.0 Å². The zero-order valence-electron chi connectivity index (χ0n) is 10.6. The Morgan fingerprint density at radius 2 is 2.11 bits per heavy atom. The molecule has 2 aromatic rings. The fraction of sp³-hybridized carbons (Fsp3) is 0.143. The summed E-state index contributed by atoms with van der Waals surface area (Å²) < 4.78 is 1.17. The number of nitrogens with zero attached hydrogens (tertiary/aromatic N) is 2. The number of aromatic hydroxyl groups is 1. The Labute approximate surface area is 109 Å². The van der Waals surface area contributed by atoms with E-state index in [1.54, 1.807) is 6.08 Å². The summed E-state index contributed by atoms with van der Waals surface area (Å²) in [5.74, 6) is -0.0744. The smallest absolute Gasteiger partial charge is 0.328 e. The molecule has 0 spiro atoms. The molecule has 0 saturated heterocycles. The van der Waals surface area contributed by atoms with Gasteiger partial charge in [0.15, 0.2) is 0 Å². The molecule has 2 heterocycles. The van der Waals surface area contributed by atoms with Crippen molar-refractivity contribution in [1.82, 2.24) is 9.55 Å². The number of nitrogens with one attached hydrogen (secondary N) is 1. The largest absolute Gasteiger partial charge is 0.493 e. The second-order valence-electron chi connectivity index (χ2n) is 4.50. The van der Waals surface area contributed by atoms with E-state index in [2.05, 4.69) is 9.98 Å². The molecule has 1 aliphatic heterocycles. The van der Waals surface area contributed by atoms with Crippen LogP contribution in [0, 0.1) is 0 Å². The number of imidazole rings is 1. The maximum atomic E-state index is 11.4. The van der Waals surface area contributed by atoms with Crippen LogP contribution in [0.1, 0.15) is 18.2 Å². The number of hydrogen-bond donors (Lipinski definition) is 2. The van der Waals surface area contributed by atoms with Crippen LogP contribution in [-0.4, -0.2) is 20.4 Å². The van der Waals surface area contributed by atoms with Gasteiger partial charge in [-0.2, -0.15) is 0 Å². The number of para-hydroxylation sites is 1. The molecule has 0 unspecified atom stereocenters. The molecule has 0 atom stereocenters. The topological polar surface area (TPSA) is 70.4 Å². The highest BCUT2D eigenvalue weighted by Gasteiger charge is 2.18. The van der Waals surface area contributed by atoms with E-state index in [9.17, 15) is 9.90 Å². The van der Waals surface area contributed by atoms with E-state index in [0.717, 1.165) is 22.5 Å². The van der Waals surface area contributed by atoms with Gasteiger partial charge in [-0.3, -0.25) is 9.56 Å². The average molecular weight is 255 g/mol. The van der Waals surface area contributed by atoms with Crippen LogP contribution in [-0.2, 0) is 7.05 Å². The van der Waals surface area contributed by atoms with E-state index < -0.39 is 0 Å². The van der Waals surface area contributed by atoms with E-state index in [1.165, 1.54) is 11.6 Å². The van der Waals surface area contributed by atoms with Crippen LogP contribution in [0.2, 0.25) is 0 Å². The molecule has 3 rings (SSSR count). The van der Waals surface area contributed by atoms with E-state index in [4.69, 9.17) is 0 Å². The summed E-state index contributed by atoms with van der Waals surface area (Å²) in [7, 11) is 1.51. The highest BCUT2D eigenvalue weighted by molar-refractivity contribution is 6.31. The second kappa shape index (κ2) is 3.98. The summed E-state index contributed by atoms with van der Waals surface area (Å²) in [4.78, 5) is 18.5. The molecular formula is C14H13N3O2. The van der Waals surface area contributed by atoms with Crippen LogP contribution >= 0.6 is 0 Å². The predicted octanol–water partition coefficient (Wildman–Crippen LogP) is 2.07. The number of benzene rings is 1. The highest BCUT2D eigenvalue weighted by atomic mass is 16.3. The maximum absolute atomic E-state index is 11.4. The molecule has 0 saturated carbocycles. The van der Waals surface area contributed by atoms with Crippen molar-refractivity contribution < 1.29 is 5.11 Å². The van der Waals surface area contributed by atoms with Gasteiger partial charge in [0.25, 0.3) is 0 Å². The highest BCUT2D eigenvalue weighted by Crippen LogP contribution is 2.35. The van der Waals surface area contributed by atoms with Crippen molar-refractivity contribution in [1.29, 1.82) is 0 Å². The molecule has 1 aromatic carbocycles. The molecule has 19 heavy (non-hydrogen) atoms. The minimum atomic E-state index is -0.342. The zero-order valence-corrected chi connectivity index (χ0v) is 10.6. The Morgan fingerprint density at radius 1 is 1.37 bits per heavy atom. The van der Waals surface area contributed by atoms with Crippen LogP contribution in [0.4, 0.5) is 5.69 Å². The number of aromatic nitrogens is 2. The summed E-state index contributed by atoms with van der Waals surface area (Å²) in [6.07, 6.45) is 1.75. The summed E-state index contributed by atoms with van der Waals surface area (Å²) >= 11 is 0. The van der Waals surface area contributed by atoms with Crippen LogP contribution in [0.5, 0.6) is 5.88 Å². The standard InChI is InChI=1S/C14H13N3O2/c1-8-10(9-5-3-4-6-11(9)15-8)7-12-13(18)17(2)14(19)16-12/h3-7,18H,1-2H3,(H,16,19)/b10-7+. The van der Waals surface area contributed by atoms with Gasteiger partial charge in [0, 0.05) is 23.9 Å². The molecule has 5 nitrogen and oxygen atoms in total. The summed E-state index contributed by atoms with van der Waals surface area (Å²) in [6, 6.07) is 7.78. The minimum absolute atomic E-state index is 0.0744. The van der Waals surface area contributed by atoms with Crippen molar-refractivity contribution in [2.75, 3.05) is 0 Å². The van der Waals surface area contributed by atoms with Crippen LogP contribution in [0.15, 0.2) is 34.1 Å². The lowest BCUT2D eigenvalue weighted by Crippen LogP contribution is -2.11. The van der Waals surface area contributed by atoms with E-state index >= 15 is 0 Å². The Morgan fingerprint density at radius 3 is 2.79 bits per heavy atom. The Balaban J connectivity index is 2.17. The minimum Gasteiger partial charge on any atom is -0.493 e. The number of rotatable bonds is 1. The molecule has 0 fully saturated rings. The van der Waals surface area contributed by atoms with Crippen molar-refractivity contribution in [3.8, 4) is 5.88 Å². The third-order valence-electron chi connectivity index (χ3n) is 3.27. The van der Waals surface area contributed by atoms with E-state index in [0.29, 0.717) is 5.69 Å². The number of aromatic amines is 1. The van der Waals surface area contributed by atoms with Crippen molar-refractivity contribution in [3.63, 3.8) is 0 Å². The van der Waals surface area contributed by atoms with E-state index in [-0.39, 0.29) is 11.6 Å². The Kier molecular flexibility index (Phi) is 2.41. The third kappa shape index (κ3) is 1.71. The molecular weight excluding hydrogens is 242 g/mol. The Hall–Kier alpha value is -2.56. The number of fused-ring (bicyclic) bond motifs is 1. The lowest BCUT2D eigenvalue weighted by Gasteiger charge is -2.01. The fourth-order valence-corrected chi connectivity index (χ4v) is 2.19. The van der Waals surface area contributed by atoms with Crippen LogP contribution < -0.4 is 5.69 Å². The monoisotopic (exact) mass is 255 g/mol. The molecule has 2 N–H and O–H groups in total. The molecule has 0 amide bonds. The first-order valence-electron chi connectivity index (χ1n) is 5.92. The van der Waals surface area contributed by atoms with Gasteiger partial charge in [-0.05, 0) is 19.1 Å². The average Bonchev–Trinajstić information content (AvgIpc) is 2.83. The number of hydrogen-bond acceptors (Lipinski definition) is 3. The molecule has 0 bridgehead atoms. The summed E-state index contributed by atoms with van der Waals surface area (Å²) in [5, 5.41) is 9.86. The number of H-pyrrole nitrogens is 1. The van der Waals surface area contributed by atoms with Gasteiger partial charge in [-0.1, -0.05) is 18.2 Å². The van der Waals surface area contributed by atoms with Crippen LogP contribution in [0.3, 0.4) is 0 Å². The third-order valence-corrected chi connectivity index (χ3v) is 3.27. The summed E-state index contributed by atoms with van der Waals surface area (Å²) in [6.45, 7) is 1.91. The molecule has 1 aromatic heterocycles. The van der Waals surface area contributed by atoms with Crippen LogP contribution in [0.25, 0.3) is 11.6 Å². The quantitative estimate of drug-likeness (QED) is 0.818. The number of allylic oxidation sites excluding steroid dienone is 1. The van der Waals surface area contributed by atoms with Gasteiger partial charge in [-0.15, -0.1) is 0 Å². The first-order valence-corrected chi connectivity index (χ1v) is 5.92. The van der Waals surface area contributed by atoms with Gasteiger partial charge in [0.05, 0.1) is 5.69 Å². The van der Waals surface area contributed by atoms with Gasteiger partial charge < -0.3 is 10.1 Å². The zero-order chi connectivity index (χ0) is 13.6. The molecule has 96 valence electrons. The normalized spacial score (nSPS) is 15.7. The van der Waals surface area contributed by atoms with E-state index in [1.807, 2.05) is 31.2 Å². The second-order valence-corrected chi connectivity index (χ2v) is 4.50. The molecule has 0 radical (unpaired) electrons. The maximum Gasteiger partial charge on any atom is 0.328 e. The summed E-state index contributed by atoms with van der Waals surface area (Å²) in [5.41, 5.74) is 3.74. The van der Waals surface area contributed by atoms with Gasteiger partial charge in [0.2, 0.25) is 5.88 Å². The number of aliphatic imine (C=N–C) groups is 1. The fourth-order valence-electron chi connectivity index (χ4n) is 2.19. The lowest BCUT2D eigenvalue weighted by atomic mass is 10.0. The molecule has 1 aliphatic rings. The first-order chi connectivity index (χ1) is 9.08. The lowest BCUT2D eigenvalue weighted by molar-refractivity contribution is 0.428. The molecule has 5 heteroatoms. The first kappa shape index (κ1) is 11.5. The SMILES string of the molecule is CC1=Nc2ccccc2/C1=C/c1[nH]c(=O)n(C)c1O. The Bertz CT molecular complexity index is 778. The predicted molar refractivity (Wildman–Crippen MR) is 74.8 cm³/mol.